The molecule has 0 saturated carbocycles. The highest BCUT2D eigenvalue weighted by Crippen LogP contribution is 2.37. The van der Waals surface area contributed by atoms with Crippen molar-refractivity contribution in [2.45, 2.75) is 82.1 Å². The van der Waals surface area contributed by atoms with Crippen LogP contribution in [0, 0.1) is 11.3 Å². The van der Waals surface area contributed by atoms with Crippen LogP contribution in [0.25, 0.3) is 12.2 Å². The summed E-state index contributed by atoms with van der Waals surface area (Å²) in [4.78, 5) is 55.4. The molecule has 2 heterocycles. The lowest BCUT2D eigenvalue weighted by molar-refractivity contribution is -0.135. The normalized spacial score (nSPS) is 21.7. The Hall–Kier alpha value is -4.49. The third kappa shape index (κ3) is 7.43. The topological polar surface area (TPSA) is 132 Å². The van der Waals surface area contributed by atoms with Gasteiger partial charge in [-0.1, -0.05) is 60.7 Å². The lowest BCUT2D eigenvalue weighted by Gasteiger charge is -2.28. The van der Waals surface area contributed by atoms with E-state index in [0.717, 1.165) is 28.5 Å². The molecule has 2 N–H and O–H groups in total. The molecular weight excluding hydrogens is 570 g/mol. The second kappa shape index (κ2) is 13.7. The molecule has 2 fully saturated rings. The first-order valence-corrected chi connectivity index (χ1v) is 15.6. The Bertz CT molecular complexity index is 1460. The van der Waals surface area contributed by atoms with Crippen molar-refractivity contribution in [3.8, 4) is 6.07 Å². The number of carbonyl (C=O) groups is 4. The molecule has 0 unspecified atom stereocenters. The van der Waals surface area contributed by atoms with Crippen LogP contribution in [0.1, 0.15) is 74.6 Å². The number of ether oxygens (including phenoxy) is 1. The largest absolute Gasteiger partial charge is 0.444 e. The Kier molecular flexibility index (Phi) is 9.68. The quantitative estimate of drug-likeness (QED) is 0.434. The summed E-state index contributed by atoms with van der Waals surface area (Å²) in [5.74, 6) is -0.663. The summed E-state index contributed by atoms with van der Waals surface area (Å²) in [5, 5.41) is 15.5. The Morgan fingerprint density at radius 3 is 2.29 bits per heavy atom. The zero-order valence-corrected chi connectivity index (χ0v) is 26.1. The number of benzene rings is 2. The van der Waals surface area contributed by atoms with Crippen molar-refractivity contribution in [3.05, 3.63) is 70.8 Å². The second-order valence-electron chi connectivity index (χ2n) is 13.0. The molecule has 0 radical (unpaired) electrons. The Morgan fingerprint density at radius 1 is 1.04 bits per heavy atom. The van der Waals surface area contributed by atoms with E-state index in [1.165, 1.54) is 4.90 Å². The molecule has 0 spiro atoms. The van der Waals surface area contributed by atoms with Crippen LogP contribution in [0.5, 0.6) is 0 Å². The molecule has 2 aromatic carbocycles. The lowest BCUT2D eigenvalue weighted by Crippen LogP contribution is -2.56. The van der Waals surface area contributed by atoms with Gasteiger partial charge in [-0.25, -0.2) is 4.79 Å². The van der Waals surface area contributed by atoms with Gasteiger partial charge in [-0.3, -0.25) is 9.59 Å². The van der Waals surface area contributed by atoms with Gasteiger partial charge in [0.1, 0.15) is 24.0 Å². The maximum atomic E-state index is 13.9. The van der Waals surface area contributed by atoms with Crippen LogP contribution in [0.3, 0.4) is 0 Å². The summed E-state index contributed by atoms with van der Waals surface area (Å²) in [5.41, 5.74) is 3.49. The maximum absolute atomic E-state index is 13.9. The Balaban J connectivity index is 1.29. The molecule has 3 aliphatic rings. The van der Waals surface area contributed by atoms with Crippen molar-refractivity contribution >= 4 is 36.3 Å². The molecule has 2 saturated heterocycles. The lowest BCUT2D eigenvalue weighted by atomic mass is 9.85. The van der Waals surface area contributed by atoms with Gasteiger partial charge < -0.3 is 30.0 Å². The number of alkyl carbamates (subject to hydrolysis) is 1. The molecule has 10 heteroatoms. The molecule has 5 rings (SSSR count). The summed E-state index contributed by atoms with van der Waals surface area (Å²) in [7, 11) is 0. The smallest absolute Gasteiger partial charge is 0.408 e. The summed E-state index contributed by atoms with van der Waals surface area (Å²) in [6, 6.07) is 15.9. The van der Waals surface area contributed by atoms with E-state index in [1.54, 1.807) is 25.7 Å². The van der Waals surface area contributed by atoms with Crippen LogP contribution in [0.2, 0.25) is 0 Å². The van der Waals surface area contributed by atoms with Gasteiger partial charge in [0, 0.05) is 38.0 Å². The predicted molar refractivity (Wildman–Crippen MR) is 170 cm³/mol. The van der Waals surface area contributed by atoms with E-state index in [0.29, 0.717) is 25.8 Å². The van der Waals surface area contributed by atoms with Crippen molar-refractivity contribution in [3.63, 3.8) is 0 Å². The van der Waals surface area contributed by atoms with Gasteiger partial charge >= 0.3 is 6.09 Å². The van der Waals surface area contributed by atoms with Gasteiger partial charge in [-0.2, -0.15) is 5.26 Å². The average molecular weight is 612 g/mol. The van der Waals surface area contributed by atoms with Crippen LogP contribution in [0.15, 0.2) is 48.5 Å². The molecule has 2 aromatic rings. The van der Waals surface area contributed by atoms with Crippen molar-refractivity contribution in [1.82, 2.24) is 20.4 Å². The monoisotopic (exact) mass is 611 g/mol. The van der Waals surface area contributed by atoms with Crippen molar-refractivity contribution in [2.75, 3.05) is 19.6 Å². The third-order valence-electron chi connectivity index (χ3n) is 8.67. The molecule has 3 amide bonds. The zero-order chi connectivity index (χ0) is 32.1. The number of aldehydes is 1. The molecule has 2 aliphatic heterocycles. The molecule has 4 atom stereocenters. The second-order valence-corrected chi connectivity index (χ2v) is 13.0. The number of fused-ring (bicyclic) bond motifs is 2. The number of hydrogen-bond acceptors (Lipinski definition) is 7. The predicted octanol–water partition coefficient (Wildman–Crippen LogP) is 3.86. The first-order valence-electron chi connectivity index (χ1n) is 15.6. The number of amides is 3. The highest BCUT2D eigenvalue weighted by atomic mass is 16.6. The van der Waals surface area contributed by atoms with E-state index in [2.05, 4.69) is 41.0 Å². The number of nitrogens with one attached hydrogen (secondary N) is 2. The van der Waals surface area contributed by atoms with Crippen LogP contribution in [0.4, 0.5) is 4.79 Å². The average Bonchev–Trinajstić information content (AvgIpc) is 3.64. The van der Waals surface area contributed by atoms with Crippen molar-refractivity contribution < 1.29 is 23.9 Å². The minimum Gasteiger partial charge on any atom is -0.444 e. The van der Waals surface area contributed by atoms with Gasteiger partial charge in [0.2, 0.25) is 11.8 Å². The van der Waals surface area contributed by atoms with Crippen LogP contribution in [-0.4, -0.2) is 83.4 Å². The highest BCUT2D eigenvalue weighted by Gasteiger charge is 2.39. The molecule has 10 nitrogen and oxygen atoms in total. The van der Waals surface area contributed by atoms with Crippen molar-refractivity contribution in [2.24, 2.45) is 0 Å². The van der Waals surface area contributed by atoms with Gasteiger partial charge in [-0.15, -0.1) is 0 Å². The third-order valence-corrected chi connectivity index (χ3v) is 8.67. The number of hydrogen-bond donors (Lipinski definition) is 2. The van der Waals surface area contributed by atoms with E-state index >= 15 is 0 Å². The standard InChI is InChI=1S/C35H41N5O5/c1-35(2,3)45-34(44)38-31(33(43)39-16-8-11-26(39)19-36)20-37-25-17-27(22-41)40(21-25)32(42)18-30-28-12-6-4-9-23(28)14-15-24-10-5-7-13-29(24)30/h4-7,9-10,12-15,22,25-27,30-31,37H,8,11,16-18,20-21H2,1-3H3,(H,38,44)/t25-,26-,27-,31-/m0/s1. The van der Waals surface area contributed by atoms with Crippen LogP contribution in [-0.2, 0) is 19.1 Å². The Labute approximate surface area is 264 Å². The summed E-state index contributed by atoms with van der Waals surface area (Å²) in [6.07, 6.45) is 6.11. The van der Waals surface area contributed by atoms with Gasteiger partial charge in [0.05, 0.1) is 12.1 Å². The van der Waals surface area contributed by atoms with Gasteiger partial charge in [0.15, 0.2) is 0 Å². The first kappa shape index (κ1) is 31.9. The summed E-state index contributed by atoms with van der Waals surface area (Å²) < 4.78 is 5.40. The molecular formula is C35H41N5O5. The first-order chi connectivity index (χ1) is 21.6. The summed E-state index contributed by atoms with van der Waals surface area (Å²) in [6.45, 7) is 5.99. The van der Waals surface area contributed by atoms with E-state index in [9.17, 15) is 24.4 Å². The van der Waals surface area contributed by atoms with E-state index in [-0.39, 0.29) is 43.3 Å². The van der Waals surface area contributed by atoms with E-state index < -0.39 is 29.8 Å². The fourth-order valence-corrected chi connectivity index (χ4v) is 6.55. The van der Waals surface area contributed by atoms with Crippen LogP contribution < -0.4 is 10.6 Å². The molecule has 236 valence electrons. The highest BCUT2D eigenvalue weighted by molar-refractivity contribution is 5.87. The number of nitrogens with zero attached hydrogens (tertiary/aromatic N) is 3. The fourth-order valence-electron chi connectivity index (χ4n) is 6.55. The van der Waals surface area contributed by atoms with Crippen LogP contribution >= 0.6 is 0 Å². The fraction of sp³-hybridized carbons (Fsp3) is 0.457. The number of nitriles is 1. The number of carbonyl (C=O) groups excluding carboxylic acids is 4. The molecule has 0 aromatic heterocycles. The maximum Gasteiger partial charge on any atom is 0.408 e. The van der Waals surface area contributed by atoms with Gasteiger partial charge in [0.25, 0.3) is 0 Å². The molecule has 45 heavy (non-hydrogen) atoms. The minimum atomic E-state index is -0.986. The van der Waals surface area contributed by atoms with Crippen molar-refractivity contribution in [1.29, 1.82) is 5.26 Å². The minimum absolute atomic E-state index is 0.0556. The van der Waals surface area contributed by atoms with E-state index in [1.807, 2.05) is 36.4 Å². The van der Waals surface area contributed by atoms with E-state index in [4.69, 9.17) is 4.74 Å². The molecule has 1 aliphatic carbocycles. The summed E-state index contributed by atoms with van der Waals surface area (Å²) >= 11 is 0. The Morgan fingerprint density at radius 2 is 1.69 bits per heavy atom. The SMILES string of the molecule is CC(C)(C)OC(=O)N[C@@H](CN[C@H]1C[C@@H](C=O)N(C(=O)CC2c3ccccc3C=Cc3ccccc32)C1)C(=O)N1CCC[C@H]1C#N. The number of rotatable bonds is 8. The zero-order valence-electron chi connectivity index (χ0n) is 26.1. The molecule has 0 bridgehead atoms. The van der Waals surface area contributed by atoms with Gasteiger partial charge in [-0.05, 0) is 62.3 Å². The number of likely N-dealkylation sites (tertiary alicyclic amines) is 2.